The van der Waals surface area contributed by atoms with Crippen LogP contribution in [0.2, 0.25) is 5.02 Å². The monoisotopic (exact) mass is 492 g/mol. The van der Waals surface area contributed by atoms with E-state index in [1.54, 1.807) is 11.0 Å². The third-order valence-electron chi connectivity index (χ3n) is 5.64. The molecular formula is C29H33ClN2O3. The Morgan fingerprint density at radius 2 is 1.63 bits per heavy atom. The third-order valence-corrected chi connectivity index (χ3v) is 5.88. The van der Waals surface area contributed by atoms with E-state index in [4.69, 9.17) is 16.3 Å². The van der Waals surface area contributed by atoms with Crippen LogP contribution in [0, 0.1) is 12.8 Å². The molecule has 0 aliphatic carbocycles. The highest BCUT2D eigenvalue weighted by Crippen LogP contribution is 2.20. The normalized spacial score (nSPS) is 11.7. The molecule has 0 aliphatic rings. The summed E-state index contributed by atoms with van der Waals surface area (Å²) in [7, 11) is 0. The molecular weight excluding hydrogens is 460 g/mol. The molecule has 5 nitrogen and oxygen atoms in total. The van der Waals surface area contributed by atoms with Crippen LogP contribution in [-0.2, 0) is 22.6 Å². The van der Waals surface area contributed by atoms with E-state index in [1.807, 2.05) is 93.6 Å². The van der Waals surface area contributed by atoms with Crippen LogP contribution in [0.15, 0.2) is 78.9 Å². The van der Waals surface area contributed by atoms with Crippen LogP contribution in [0.3, 0.4) is 0 Å². The molecule has 35 heavy (non-hydrogen) atoms. The summed E-state index contributed by atoms with van der Waals surface area (Å²) in [4.78, 5) is 28.6. The summed E-state index contributed by atoms with van der Waals surface area (Å²) < 4.78 is 5.87. The van der Waals surface area contributed by atoms with Gasteiger partial charge in [-0.15, -0.1) is 0 Å². The van der Waals surface area contributed by atoms with Crippen molar-refractivity contribution in [3.8, 4) is 5.75 Å². The molecule has 0 spiro atoms. The summed E-state index contributed by atoms with van der Waals surface area (Å²) in [5.74, 6) is 0.480. The summed E-state index contributed by atoms with van der Waals surface area (Å²) in [6.07, 6.45) is 0.390. The zero-order valence-electron chi connectivity index (χ0n) is 20.5. The van der Waals surface area contributed by atoms with Gasteiger partial charge in [-0.3, -0.25) is 9.59 Å². The van der Waals surface area contributed by atoms with Crippen LogP contribution in [0.5, 0.6) is 5.75 Å². The van der Waals surface area contributed by atoms with E-state index in [0.29, 0.717) is 23.7 Å². The molecule has 1 unspecified atom stereocenters. The lowest BCUT2D eigenvalue weighted by Crippen LogP contribution is -2.52. The lowest BCUT2D eigenvalue weighted by Gasteiger charge is -2.32. The number of halogens is 1. The fourth-order valence-corrected chi connectivity index (χ4v) is 3.96. The first-order valence-corrected chi connectivity index (χ1v) is 12.2. The Kier molecular flexibility index (Phi) is 9.74. The molecule has 6 heteroatoms. The highest BCUT2D eigenvalue weighted by Gasteiger charge is 2.30. The van der Waals surface area contributed by atoms with Crippen LogP contribution in [0.25, 0.3) is 0 Å². The van der Waals surface area contributed by atoms with E-state index in [1.165, 1.54) is 0 Å². The van der Waals surface area contributed by atoms with Gasteiger partial charge in [0.2, 0.25) is 5.91 Å². The summed E-state index contributed by atoms with van der Waals surface area (Å²) in [5.41, 5.74) is 2.76. The van der Waals surface area contributed by atoms with E-state index >= 15 is 0 Å². The summed E-state index contributed by atoms with van der Waals surface area (Å²) in [5, 5.41) is 3.60. The maximum absolute atomic E-state index is 13.6. The highest BCUT2D eigenvalue weighted by atomic mass is 35.5. The van der Waals surface area contributed by atoms with Gasteiger partial charge in [-0.05, 0) is 47.7 Å². The molecule has 1 N–H and O–H groups in total. The maximum atomic E-state index is 13.6. The number of aryl methyl sites for hydroxylation is 1. The Balaban J connectivity index is 1.91. The van der Waals surface area contributed by atoms with E-state index in [2.05, 4.69) is 5.32 Å². The quantitative estimate of drug-likeness (QED) is 0.387. The number of carbonyl (C=O) groups is 2. The number of ether oxygens (including phenoxy) is 1. The molecule has 0 heterocycles. The molecule has 0 aliphatic heterocycles. The number of hydrogen-bond acceptors (Lipinski definition) is 3. The lowest BCUT2D eigenvalue weighted by molar-refractivity contribution is -0.142. The Morgan fingerprint density at radius 1 is 0.943 bits per heavy atom. The first-order valence-electron chi connectivity index (χ1n) is 11.9. The van der Waals surface area contributed by atoms with Gasteiger partial charge < -0.3 is 15.0 Å². The van der Waals surface area contributed by atoms with E-state index in [0.717, 1.165) is 16.7 Å². The van der Waals surface area contributed by atoms with E-state index in [9.17, 15) is 9.59 Å². The minimum absolute atomic E-state index is 0.172. The number of nitrogens with one attached hydrogen (secondary N) is 1. The van der Waals surface area contributed by atoms with Crippen molar-refractivity contribution in [3.05, 3.63) is 101 Å². The summed E-state index contributed by atoms with van der Waals surface area (Å²) >= 11 is 6.22. The Bertz CT molecular complexity index is 1120. The first kappa shape index (κ1) is 26.3. The lowest BCUT2D eigenvalue weighted by atomic mass is 10.0. The molecule has 0 saturated heterocycles. The van der Waals surface area contributed by atoms with Crippen molar-refractivity contribution >= 4 is 23.4 Å². The highest BCUT2D eigenvalue weighted by molar-refractivity contribution is 6.30. The number of para-hydroxylation sites is 1. The maximum Gasteiger partial charge on any atom is 0.261 e. The average molecular weight is 493 g/mol. The first-order chi connectivity index (χ1) is 16.8. The van der Waals surface area contributed by atoms with Gasteiger partial charge in [0, 0.05) is 24.5 Å². The van der Waals surface area contributed by atoms with Gasteiger partial charge >= 0.3 is 0 Å². The van der Waals surface area contributed by atoms with E-state index < -0.39 is 6.04 Å². The van der Waals surface area contributed by atoms with Crippen molar-refractivity contribution in [3.63, 3.8) is 0 Å². The smallest absolute Gasteiger partial charge is 0.261 e. The molecule has 0 saturated carbocycles. The van der Waals surface area contributed by atoms with Crippen LogP contribution < -0.4 is 10.1 Å². The molecule has 1 atom stereocenters. The number of benzene rings is 3. The van der Waals surface area contributed by atoms with Gasteiger partial charge in [0.05, 0.1) is 0 Å². The zero-order valence-corrected chi connectivity index (χ0v) is 21.3. The van der Waals surface area contributed by atoms with Gasteiger partial charge in [0.1, 0.15) is 11.8 Å². The fraction of sp³-hybridized carbons (Fsp3) is 0.310. The number of amides is 2. The van der Waals surface area contributed by atoms with Crippen molar-refractivity contribution in [1.29, 1.82) is 0 Å². The molecule has 3 aromatic carbocycles. The Morgan fingerprint density at radius 3 is 2.31 bits per heavy atom. The van der Waals surface area contributed by atoms with Gasteiger partial charge in [-0.25, -0.2) is 0 Å². The van der Waals surface area contributed by atoms with Crippen molar-refractivity contribution in [2.75, 3.05) is 13.2 Å². The number of carbonyl (C=O) groups excluding carboxylic acids is 2. The number of nitrogens with zero attached hydrogens (tertiary/aromatic N) is 1. The van der Waals surface area contributed by atoms with E-state index in [-0.39, 0.29) is 30.9 Å². The van der Waals surface area contributed by atoms with Crippen LogP contribution in [-0.4, -0.2) is 35.9 Å². The van der Waals surface area contributed by atoms with Crippen LogP contribution in [0.4, 0.5) is 0 Å². The zero-order chi connectivity index (χ0) is 25.2. The molecule has 0 fully saturated rings. The predicted octanol–water partition coefficient (Wildman–Crippen LogP) is 5.44. The van der Waals surface area contributed by atoms with Gasteiger partial charge in [0.25, 0.3) is 5.91 Å². The van der Waals surface area contributed by atoms with Gasteiger partial charge in [-0.1, -0.05) is 86.1 Å². The minimum atomic E-state index is -0.705. The second-order valence-corrected chi connectivity index (χ2v) is 9.49. The Hall–Kier alpha value is -3.31. The third kappa shape index (κ3) is 8.15. The van der Waals surface area contributed by atoms with Crippen LogP contribution >= 0.6 is 11.6 Å². The molecule has 2 amide bonds. The molecule has 184 valence electrons. The minimum Gasteiger partial charge on any atom is -0.484 e. The predicted molar refractivity (Wildman–Crippen MR) is 140 cm³/mol. The van der Waals surface area contributed by atoms with Crippen molar-refractivity contribution in [1.82, 2.24) is 10.2 Å². The Labute approximate surface area is 213 Å². The largest absolute Gasteiger partial charge is 0.484 e. The standard InChI is InChI=1S/C29H33ClN2O3/c1-21(2)18-31-29(34)26(17-23-11-5-4-6-12-23)32(19-24-13-9-14-25(30)16-24)28(33)20-35-27-15-8-7-10-22(27)3/h4-16,21,26H,17-20H2,1-3H3,(H,31,34). The average Bonchev–Trinajstić information content (AvgIpc) is 2.84. The van der Waals surface area contributed by atoms with Crippen molar-refractivity contribution < 1.29 is 14.3 Å². The number of rotatable bonds is 11. The molecule has 0 radical (unpaired) electrons. The molecule has 0 aromatic heterocycles. The van der Waals surface area contributed by atoms with Crippen molar-refractivity contribution in [2.24, 2.45) is 5.92 Å². The van der Waals surface area contributed by atoms with Crippen LogP contribution in [0.1, 0.15) is 30.5 Å². The number of hydrogen-bond donors (Lipinski definition) is 1. The van der Waals surface area contributed by atoms with Crippen molar-refractivity contribution in [2.45, 2.75) is 39.8 Å². The fourth-order valence-electron chi connectivity index (χ4n) is 3.75. The molecule has 3 aromatic rings. The van der Waals surface area contributed by atoms with Gasteiger partial charge in [0.15, 0.2) is 6.61 Å². The molecule has 3 rings (SSSR count). The summed E-state index contributed by atoms with van der Waals surface area (Å²) in [6, 6.07) is 23.9. The SMILES string of the molecule is Cc1ccccc1OCC(=O)N(Cc1cccc(Cl)c1)C(Cc1ccccc1)C(=O)NCC(C)C. The second kappa shape index (κ2) is 13.0. The van der Waals surface area contributed by atoms with Gasteiger partial charge in [-0.2, -0.15) is 0 Å². The summed E-state index contributed by atoms with van der Waals surface area (Å²) in [6.45, 7) is 6.61. The molecule has 0 bridgehead atoms. The second-order valence-electron chi connectivity index (χ2n) is 9.05. The topological polar surface area (TPSA) is 58.6 Å².